The Morgan fingerprint density at radius 2 is 2.33 bits per heavy atom. The maximum Gasteiger partial charge on any atom is 0.128 e. The lowest BCUT2D eigenvalue weighted by atomic mass is 10.3. The highest BCUT2D eigenvalue weighted by Crippen LogP contribution is 2.30. The Kier molecular flexibility index (Phi) is 2.86. The van der Waals surface area contributed by atoms with Gasteiger partial charge in [-0.3, -0.25) is 0 Å². The van der Waals surface area contributed by atoms with Gasteiger partial charge in [0.05, 0.1) is 5.56 Å². The number of hydrogen-bond donors (Lipinski definition) is 0. The standard InChI is InChI=1S/C12H15N3/c1-2-15(9-10-3-4-10)12-6-5-11(7-13)8-14-12/h5-6,8,10H,2-4,9H2,1H3. The van der Waals surface area contributed by atoms with Crippen LogP contribution in [0, 0.1) is 17.2 Å². The molecule has 0 radical (unpaired) electrons. The lowest BCUT2D eigenvalue weighted by Crippen LogP contribution is -2.25. The molecule has 0 bridgehead atoms. The van der Waals surface area contributed by atoms with E-state index in [-0.39, 0.29) is 0 Å². The fourth-order valence-corrected chi connectivity index (χ4v) is 1.64. The highest BCUT2D eigenvalue weighted by atomic mass is 15.2. The molecule has 15 heavy (non-hydrogen) atoms. The second kappa shape index (κ2) is 4.31. The molecule has 1 aliphatic carbocycles. The minimum absolute atomic E-state index is 0.626. The maximum absolute atomic E-state index is 8.68. The minimum Gasteiger partial charge on any atom is -0.357 e. The smallest absolute Gasteiger partial charge is 0.128 e. The highest BCUT2D eigenvalue weighted by Gasteiger charge is 2.24. The molecule has 0 saturated heterocycles. The predicted octanol–water partition coefficient (Wildman–Crippen LogP) is 2.19. The van der Waals surface area contributed by atoms with Crippen molar-refractivity contribution in [3.05, 3.63) is 23.9 Å². The molecule has 2 rings (SSSR count). The fourth-order valence-electron chi connectivity index (χ4n) is 1.64. The molecule has 78 valence electrons. The molecule has 1 aromatic rings. The van der Waals surface area contributed by atoms with Gasteiger partial charge < -0.3 is 4.90 Å². The summed E-state index contributed by atoms with van der Waals surface area (Å²) in [5.74, 6) is 1.85. The average Bonchev–Trinajstić information content (AvgIpc) is 3.10. The summed E-state index contributed by atoms with van der Waals surface area (Å²) < 4.78 is 0. The Balaban J connectivity index is 2.08. The van der Waals surface area contributed by atoms with Gasteiger partial charge in [0.25, 0.3) is 0 Å². The summed E-state index contributed by atoms with van der Waals surface area (Å²) in [6.07, 6.45) is 4.35. The zero-order valence-corrected chi connectivity index (χ0v) is 8.98. The van der Waals surface area contributed by atoms with Gasteiger partial charge in [0.1, 0.15) is 11.9 Å². The van der Waals surface area contributed by atoms with Gasteiger partial charge in [-0.1, -0.05) is 0 Å². The summed E-state index contributed by atoms with van der Waals surface area (Å²) in [5.41, 5.74) is 0.626. The van der Waals surface area contributed by atoms with Crippen molar-refractivity contribution >= 4 is 5.82 Å². The van der Waals surface area contributed by atoms with Crippen LogP contribution in [0.25, 0.3) is 0 Å². The van der Waals surface area contributed by atoms with E-state index in [4.69, 9.17) is 5.26 Å². The second-order valence-corrected chi connectivity index (χ2v) is 4.00. The van der Waals surface area contributed by atoms with Gasteiger partial charge in [-0.15, -0.1) is 0 Å². The lowest BCUT2D eigenvalue weighted by Gasteiger charge is -2.21. The molecule has 3 nitrogen and oxygen atoms in total. The molecular weight excluding hydrogens is 186 g/mol. The Bertz CT molecular complexity index is 359. The minimum atomic E-state index is 0.626. The van der Waals surface area contributed by atoms with Gasteiger partial charge in [-0.25, -0.2) is 4.98 Å². The first-order valence-corrected chi connectivity index (χ1v) is 5.44. The van der Waals surface area contributed by atoms with Crippen molar-refractivity contribution in [1.29, 1.82) is 5.26 Å². The first-order chi connectivity index (χ1) is 7.33. The molecule has 0 N–H and O–H groups in total. The topological polar surface area (TPSA) is 39.9 Å². The van der Waals surface area contributed by atoms with Crippen LogP contribution in [0.4, 0.5) is 5.82 Å². The van der Waals surface area contributed by atoms with Crippen molar-refractivity contribution in [3.8, 4) is 6.07 Å². The van der Waals surface area contributed by atoms with E-state index in [0.29, 0.717) is 5.56 Å². The molecule has 0 aromatic carbocycles. The van der Waals surface area contributed by atoms with E-state index in [9.17, 15) is 0 Å². The van der Waals surface area contributed by atoms with E-state index < -0.39 is 0 Å². The van der Waals surface area contributed by atoms with Crippen LogP contribution in [0.2, 0.25) is 0 Å². The zero-order chi connectivity index (χ0) is 10.7. The molecule has 3 heteroatoms. The Morgan fingerprint density at radius 1 is 1.53 bits per heavy atom. The van der Waals surface area contributed by atoms with Crippen LogP contribution in [0.5, 0.6) is 0 Å². The summed E-state index contributed by atoms with van der Waals surface area (Å²) in [5, 5.41) is 8.68. The van der Waals surface area contributed by atoms with Gasteiger partial charge in [0.15, 0.2) is 0 Å². The molecule has 1 fully saturated rings. The zero-order valence-electron chi connectivity index (χ0n) is 8.98. The quantitative estimate of drug-likeness (QED) is 0.749. The lowest BCUT2D eigenvalue weighted by molar-refractivity contribution is 0.732. The van der Waals surface area contributed by atoms with E-state index in [0.717, 1.165) is 24.8 Å². The second-order valence-electron chi connectivity index (χ2n) is 4.00. The molecular formula is C12H15N3. The molecule has 1 heterocycles. The molecule has 0 aliphatic heterocycles. The molecule has 1 aromatic heterocycles. The van der Waals surface area contributed by atoms with E-state index >= 15 is 0 Å². The predicted molar refractivity (Wildman–Crippen MR) is 59.6 cm³/mol. The summed E-state index contributed by atoms with van der Waals surface area (Å²) in [6.45, 7) is 4.23. The Morgan fingerprint density at radius 3 is 2.80 bits per heavy atom. The number of hydrogen-bond acceptors (Lipinski definition) is 3. The normalized spacial score (nSPS) is 14.7. The van der Waals surface area contributed by atoms with Crippen molar-refractivity contribution in [2.24, 2.45) is 5.92 Å². The monoisotopic (exact) mass is 201 g/mol. The van der Waals surface area contributed by atoms with Crippen molar-refractivity contribution in [2.75, 3.05) is 18.0 Å². The first kappa shape index (κ1) is 9.97. The van der Waals surface area contributed by atoms with E-state index in [2.05, 4.69) is 22.9 Å². The summed E-state index contributed by atoms with van der Waals surface area (Å²) >= 11 is 0. The molecule has 1 saturated carbocycles. The molecule has 0 unspecified atom stereocenters. The van der Waals surface area contributed by atoms with Crippen LogP contribution in [0.15, 0.2) is 18.3 Å². The van der Waals surface area contributed by atoms with Gasteiger partial charge in [-0.05, 0) is 37.8 Å². The number of aromatic nitrogens is 1. The van der Waals surface area contributed by atoms with Crippen LogP contribution in [-0.2, 0) is 0 Å². The third-order valence-electron chi connectivity index (χ3n) is 2.76. The Labute approximate surface area is 90.4 Å². The van der Waals surface area contributed by atoms with Crippen LogP contribution in [0.3, 0.4) is 0 Å². The maximum atomic E-state index is 8.68. The molecule has 0 amide bonds. The van der Waals surface area contributed by atoms with Crippen molar-refractivity contribution < 1.29 is 0 Å². The van der Waals surface area contributed by atoms with Gasteiger partial charge >= 0.3 is 0 Å². The van der Waals surface area contributed by atoms with Crippen molar-refractivity contribution in [3.63, 3.8) is 0 Å². The highest BCUT2D eigenvalue weighted by molar-refractivity contribution is 5.41. The summed E-state index contributed by atoms with van der Waals surface area (Å²) in [6, 6.07) is 5.85. The van der Waals surface area contributed by atoms with Crippen molar-refractivity contribution in [2.45, 2.75) is 19.8 Å². The van der Waals surface area contributed by atoms with Crippen LogP contribution in [-0.4, -0.2) is 18.1 Å². The van der Waals surface area contributed by atoms with Gasteiger partial charge in [0, 0.05) is 19.3 Å². The summed E-state index contributed by atoms with van der Waals surface area (Å²) in [4.78, 5) is 6.58. The van der Waals surface area contributed by atoms with Crippen LogP contribution >= 0.6 is 0 Å². The Hall–Kier alpha value is -1.56. The van der Waals surface area contributed by atoms with E-state index in [1.54, 1.807) is 6.20 Å². The number of rotatable bonds is 4. The molecule has 1 aliphatic rings. The third kappa shape index (κ3) is 2.47. The SMILES string of the molecule is CCN(CC1CC1)c1ccc(C#N)cn1. The average molecular weight is 201 g/mol. The largest absolute Gasteiger partial charge is 0.357 e. The van der Waals surface area contributed by atoms with Crippen molar-refractivity contribution in [1.82, 2.24) is 4.98 Å². The first-order valence-electron chi connectivity index (χ1n) is 5.44. The van der Waals surface area contributed by atoms with Gasteiger partial charge in [-0.2, -0.15) is 5.26 Å². The number of nitriles is 1. The van der Waals surface area contributed by atoms with Crippen LogP contribution in [0.1, 0.15) is 25.3 Å². The number of nitrogens with zero attached hydrogens (tertiary/aromatic N) is 3. The van der Waals surface area contributed by atoms with E-state index in [1.165, 1.54) is 12.8 Å². The summed E-state index contributed by atoms with van der Waals surface area (Å²) in [7, 11) is 0. The third-order valence-corrected chi connectivity index (χ3v) is 2.76. The molecule has 0 spiro atoms. The van der Waals surface area contributed by atoms with E-state index in [1.807, 2.05) is 12.1 Å². The molecule has 0 atom stereocenters. The van der Waals surface area contributed by atoms with Crippen LogP contribution < -0.4 is 4.90 Å². The fraction of sp³-hybridized carbons (Fsp3) is 0.500. The number of anilines is 1. The number of pyridine rings is 1. The van der Waals surface area contributed by atoms with Gasteiger partial charge in [0.2, 0.25) is 0 Å².